The lowest BCUT2D eigenvalue weighted by molar-refractivity contribution is 0.00502. The molecule has 1 aliphatic carbocycles. The van der Waals surface area contributed by atoms with Crippen LogP contribution in [0.2, 0.25) is 0 Å². The van der Waals surface area contributed by atoms with Crippen LogP contribution in [0.5, 0.6) is 0 Å². The van der Waals surface area contributed by atoms with Crippen molar-refractivity contribution in [3.8, 4) is 0 Å². The quantitative estimate of drug-likeness (QED) is 0.845. The molecule has 2 N–H and O–H groups in total. The number of furan rings is 1. The predicted molar refractivity (Wildman–Crippen MR) is 63.8 cm³/mol. The topological polar surface area (TPSA) is 62.5 Å². The molecule has 1 fully saturated rings. The van der Waals surface area contributed by atoms with Crippen LogP contribution in [0.25, 0.3) is 0 Å². The van der Waals surface area contributed by atoms with Gasteiger partial charge in [-0.2, -0.15) is 0 Å². The van der Waals surface area contributed by atoms with Crippen molar-refractivity contribution in [1.29, 1.82) is 0 Å². The number of carbonyl (C=O) groups is 1. The summed E-state index contributed by atoms with van der Waals surface area (Å²) >= 11 is 0. The van der Waals surface area contributed by atoms with Crippen LogP contribution in [-0.2, 0) is 0 Å². The van der Waals surface area contributed by atoms with Crippen molar-refractivity contribution in [2.45, 2.75) is 44.6 Å². The number of hydrogen-bond donors (Lipinski definition) is 2. The standard InChI is InChI=1S/C13H19NO3/c1-10-5-6-11(17-10)12(15)14-9-13(16)7-3-2-4-8-13/h5-6,16H,2-4,7-9H2,1H3,(H,14,15). The van der Waals surface area contributed by atoms with E-state index in [0.717, 1.165) is 25.7 Å². The minimum absolute atomic E-state index is 0.253. The van der Waals surface area contributed by atoms with Gasteiger partial charge in [-0.3, -0.25) is 4.79 Å². The predicted octanol–water partition coefficient (Wildman–Crippen LogP) is 2.01. The molecule has 17 heavy (non-hydrogen) atoms. The van der Waals surface area contributed by atoms with Crippen LogP contribution in [-0.4, -0.2) is 23.2 Å². The highest BCUT2D eigenvalue weighted by Gasteiger charge is 2.29. The number of aliphatic hydroxyl groups is 1. The molecule has 1 amide bonds. The fraction of sp³-hybridized carbons (Fsp3) is 0.615. The Labute approximate surface area is 101 Å². The molecule has 0 radical (unpaired) electrons. The summed E-state index contributed by atoms with van der Waals surface area (Å²) in [6.45, 7) is 2.11. The summed E-state index contributed by atoms with van der Waals surface area (Å²) in [5.41, 5.74) is -0.727. The van der Waals surface area contributed by atoms with Crippen LogP contribution in [0.15, 0.2) is 16.5 Å². The van der Waals surface area contributed by atoms with Crippen molar-refractivity contribution in [2.75, 3.05) is 6.54 Å². The zero-order chi connectivity index (χ0) is 12.3. The SMILES string of the molecule is Cc1ccc(C(=O)NCC2(O)CCCCC2)o1. The lowest BCUT2D eigenvalue weighted by atomic mass is 9.85. The highest BCUT2D eigenvalue weighted by atomic mass is 16.3. The fourth-order valence-corrected chi connectivity index (χ4v) is 2.28. The van der Waals surface area contributed by atoms with Crippen molar-refractivity contribution < 1.29 is 14.3 Å². The molecule has 4 heteroatoms. The van der Waals surface area contributed by atoms with E-state index in [9.17, 15) is 9.90 Å². The molecule has 0 unspecified atom stereocenters. The second kappa shape index (κ2) is 4.92. The molecule has 1 saturated carbocycles. The van der Waals surface area contributed by atoms with Gasteiger partial charge in [-0.15, -0.1) is 0 Å². The minimum atomic E-state index is -0.727. The molecule has 0 saturated heterocycles. The van der Waals surface area contributed by atoms with Gasteiger partial charge in [0, 0.05) is 6.54 Å². The van der Waals surface area contributed by atoms with Crippen LogP contribution < -0.4 is 5.32 Å². The molecule has 1 aromatic rings. The van der Waals surface area contributed by atoms with E-state index in [1.54, 1.807) is 19.1 Å². The molecule has 2 rings (SSSR count). The van der Waals surface area contributed by atoms with E-state index in [0.29, 0.717) is 18.1 Å². The van der Waals surface area contributed by atoms with E-state index in [-0.39, 0.29) is 5.91 Å². The number of nitrogens with one attached hydrogen (secondary N) is 1. The van der Waals surface area contributed by atoms with Crippen molar-refractivity contribution >= 4 is 5.91 Å². The van der Waals surface area contributed by atoms with Crippen LogP contribution in [0.4, 0.5) is 0 Å². The number of rotatable bonds is 3. The van der Waals surface area contributed by atoms with Crippen molar-refractivity contribution in [3.63, 3.8) is 0 Å². The molecule has 1 heterocycles. The molecular weight excluding hydrogens is 218 g/mol. The first kappa shape index (κ1) is 12.2. The zero-order valence-electron chi connectivity index (χ0n) is 10.2. The average molecular weight is 237 g/mol. The summed E-state index contributed by atoms with van der Waals surface area (Å²) in [5, 5.41) is 13.0. The smallest absolute Gasteiger partial charge is 0.287 e. The highest BCUT2D eigenvalue weighted by molar-refractivity contribution is 5.91. The Morgan fingerprint density at radius 1 is 1.41 bits per heavy atom. The van der Waals surface area contributed by atoms with E-state index < -0.39 is 5.60 Å². The van der Waals surface area contributed by atoms with Gasteiger partial charge in [0.25, 0.3) is 5.91 Å². The maximum atomic E-state index is 11.7. The lowest BCUT2D eigenvalue weighted by Crippen LogP contribution is -2.44. The summed E-state index contributed by atoms with van der Waals surface area (Å²) in [6, 6.07) is 3.40. The molecule has 0 atom stereocenters. The Balaban J connectivity index is 1.87. The monoisotopic (exact) mass is 237 g/mol. The van der Waals surface area contributed by atoms with Gasteiger partial charge in [-0.1, -0.05) is 19.3 Å². The lowest BCUT2D eigenvalue weighted by Gasteiger charge is -2.31. The third-order valence-electron chi connectivity index (χ3n) is 3.33. The van der Waals surface area contributed by atoms with E-state index >= 15 is 0 Å². The van der Waals surface area contributed by atoms with E-state index in [2.05, 4.69) is 5.32 Å². The number of hydrogen-bond acceptors (Lipinski definition) is 3. The Kier molecular flexibility index (Phi) is 3.52. The summed E-state index contributed by atoms with van der Waals surface area (Å²) in [5.74, 6) is 0.769. The van der Waals surface area contributed by atoms with Crippen molar-refractivity contribution in [1.82, 2.24) is 5.32 Å². The summed E-state index contributed by atoms with van der Waals surface area (Å²) in [7, 11) is 0. The molecular formula is C13H19NO3. The Morgan fingerprint density at radius 3 is 2.71 bits per heavy atom. The molecule has 0 aliphatic heterocycles. The van der Waals surface area contributed by atoms with Gasteiger partial charge in [0.05, 0.1) is 5.60 Å². The van der Waals surface area contributed by atoms with Gasteiger partial charge < -0.3 is 14.8 Å². The van der Waals surface area contributed by atoms with E-state index in [4.69, 9.17) is 4.42 Å². The number of amides is 1. The van der Waals surface area contributed by atoms with Gasteiger partial charge in [-0.25, -0.2) is 0 Å². The first-order valence-corrected chi connectivity index (χ1v) is 6.16. The van der Waals surface area contributed by atoms with Crippen molar-refractivity contribution in [2.24, 2.45) is 0 Å². The third kappa shape index (κ3) is 3.09. The second-order valence-corrected chi connectivity index (χ2v) is 4.88. The Morgan fingerprint density at radius 2 is 2.12 bits per heavy atom. The molecule has 0 aromatic carbocycles. The van der Waals surface area contributed by atoms with Crippen LogP contribution in [0, 0.1) is 6.92 Å². The van der Waals surface area contributed by atoms with Crippen LogP contribution in [0.1, 0.15) is 48.4 Å². The largest absolute Gasteiger partial charge is 0.456 e. The first-order valence-electron chi connectivity index (χ1n) is 6.16. The van der Waals surface area contributed by atoms with Gasteiger partial charge in [0.1, 0.15) is 5.76 Å². The second-order valence-electron chi connectivity index (χ2n) is 4.88. The van der Waals surface area contributed by atoms with Gasteiger partial charge in [0.15, 0.2) is 5.76 Å². The molecule has 1 aromatic heterocycles. The maximum absolute atomic E-state index is 11.7. The number of aryl methyl sites for hydroxylation is 1. The maximum Gasteiger partial charge on any atom is 0.287 e. The van der Waals surface area contributed by atoms with Gasteiger partial charge in [0.2, 0.25) is 0 Å². The molecule has 94 valence electrons. The average Bonchev–Trinajstić information content (AvgIpc) is 2.74. The normalized spacial score (nSPS) is 18.9. The molecule has 0 spiro atoms. The highest BCUT2D eigenvalue weighted by Crippen LogP contribution is 2.27. The number of carbonyl (C=O) groups excluding carboxylic acids is 1. The molecule has 0 bridgehead atoms. The fourth-order valence-electron chi connectivity index (χ4n) is 2.28. The van der Waals surface area contributed by atoms with E-state index in [1.165, 1.54) is 6.42 Å². The van der Waals surface area contributed by atoms with Gasteiger partial charge >= 0.3 is 0 Å². The van der Waals surface area contributed by atoms with Crippen molar-refractivity contribution in [3.05, 3.63) is 23.7 Å². The van der Waals surface area contributed by atoms with E-state index in [1.807, 2.05) is 0 Å². The summed E-state index contributed by atoms with van der Waals surface area (Å²) in [4.78, 5) is 11.7. The summed E-state index contributed by atoms with van der Waals surface area (Å²) in [6.07, 6.45) is 4.78. The first-order chi connectivity index (χ1) is 8.09. The third-order valence-corrected chi connectivity index (χ3v) is 3.33. The Bertz CT molecular complexity index is 391. The molecule has 1 aliphatic rings. The minimum Gasteiger partial charge on any atom is -0.456 e. The van der Waals surface area contributed by atoms with Crippen LogP contribution >= 0.6 is 0 Å². The zero-order valence-corrected chi connectivity index (χ0v) is 10.2. The van der Waals surface area contributed by atoms with Gasteiger partial charge in [-0.05, 0) is 31.9 Å². The summed E-state index contributed by atoms with van der Waals surface area (Å²) < 4.78 is 5.22. The Hall–Kier alpha value is -1.29. The molecule has 4 nitrogen and oxygen atoms in total. The van der Waals surface area contributed by atoms with Crippen LogP contribution in [0.3, 0.4) is 0 Å².